The largest absolute Gasteiger partial charge is 0.478 e. The van der Waals surface area contributed by atoms with Crippen LogP contribution in [0.3, 0.4) is 0 Å². The van der Waals surface area contributed by atoms with Crippen molar-refractivity contribution in [3.05, 3.63) is 29.5 Å². The molecule has 1 aliphatic rings. The number of anilines is 1. The average Bonchev–Trinajstić information content (AvgIpc) is 2.84. The summed E-state index contributed by atoms with van der Waals surface area (Å²) in [6, 6.07) is 2.58. The second-order valence-corrected chi connectivity index (χ2v) is 4.98. The van der Waals surface area contributed by atoms with Gasteiger partial charge in [-0.1, -0.05) is 6.92 Å². The normalized spacial score (nSPS) is 19.3. The van der Waals surface area contributed by atoms with Gasteiger partial charge in [0.1, 0.15) is 5.82 Å². The summed E-state index contributed by atoms with van der Waals surface area (Å²) in [7, 11) is 0. The molecule has 102 valence electrons. The number of carboxylic acid groups (broad SMARTS) is 1. The van der Waals surface area contributed by atoms with E-state index in [1.54, 1.807) is 12.3 Å². The Labute approximate surface area is 113 Å². The van der Waals surface area contributed by atoms with Crippen LogP contribution in [0.15, 0.2) is 18.3 Å². The molecule has 0 radical (unpaired) electrons. The molecule has 0 aromatic carbocycles. The molecule has 1 fully saturated rings. The molecule has 1 aliphatic heterocycles. The third-order valence-electron chi connectivity index (χ3n) is 3.61. The number of aliphatic carboxylic acids is 1. The maximum Gasteiger partial charge on any atom is 0.328 e. The van der Waals surface area contributed by atoms with Crippen molar-refractivity contribution in [1.29, 1.82) is 0 Å². The predicted octanol–water partition coefficient (Wildman–Crippen LogP) is 2.87. The Kier molecular flexibility index (Phi) is 4.20. The Morgan fingerprint density at radius 1 is 1.63 bits per heavy atom. The lowest BCUT2D eigenvalue weighted by atomic mass is 10.1. The highest BCUT2D eigenvalue weighted by molar-refractivity contribution is 5.85. The van der Waals surface area contributed by atoms with E-state index in [0.717, 1.165) is 36.0 Å². The summed E-state index contributed by atoms with van der Waals surface area (Å²) in [6.07, 6.45) is 8.06. The average molecular weight is 260 g/mol. The highest BCUT2D eigenvalue weighted by Gasteiger charge is 2.24. The third kappa shape index (κ3) is 3.13. The number of hydrogen-bond donors (Lipinski definition) is 1. The minimum atomic E-state index is -0.938. The van der Waals surface area contributed by atoms with Gasteiger partial charge >= 0.3 is 5.97 Å². The number of aromatic nitrogens is 1. The van der Waals surface area contributed by atoms with Gasteiger partial charge in [0.25, 0.3) is 0 Å². The van der Waals surface area contributed by atoms with Crippen LogP contribution in [0.1, 0.15) is 37.3 Å². The first-order valence-electron chi connectivity index (χ1n) is 6.76. The van der Waals surface area contributed by atoms with Crippen LogP contribution >= 0.6 is 0 Å². The van der Waals surface area contributed by atoms with Crippen molar-refractivity contribution >= 4 is 17.9 Å². The molecule has 0 spiro atoms. The van der Waals surface area contributed by atoms with E-state index in [9.17, 15) is 4.79 Å². The monoisotopic (exact) mass is 260 g/mol. The molecule has 1 saturated heterocycles. The fraction of sp³-hybridized carbons (Fsp3) is 0.467. The highest BCUT2D eigenvalue weighted by atomic mass is 16.4. The fourth-order valence-corrected chi connectivity index (χ4v) is 2.69. The number of carboxylic acids is 1. The molecule has 4 nitrogen and oxygen atoms in total. The number of nitrogens with zero attached hydrogens (tertiary/aromatic N) is 2. The molecule has 19 heavy (non-hydrogen) atoms. The third-order valence-corrected chi connectivity index (χ3v) is 3.61. The zero-order valence-electron chi connectivity index (χ0n) is 11.5. The molecule has 0 saturated carbocycles. The molecule has 1 aromatic rings. The van der Waals surface area contributed by atoms with E-state index >= 15 is 0 Å². The molecule has 0 bridgehead atoms. The van der Waals surface area contributed by atoms with Crippen molar-refractivity contribution in [2.24, 2.45) is 0 Å². The van der Waals surface area contributed by atoms with Crippen LogP contribution in [-0.4, -0.2) is 28.6 Å². The van der Waals surface area contributed by atoms with E-state index in [1.165, 1.54) is 12.8 Å². The van der Waals surface area contributed by atoms with Crippen LogP contribution in [0.4, 0.5) is 5.82 Å². The minimum absolute atomic E-state index is 0.589. The first-order chi connectivity index (χ1) is 9.11. The summed E-state index contributed by atoms with van der Waals surface area (Å²) in [4.78, 5) is 17.4. The van der Waals surface area contributed by atoms with E-state index < -0.39 is 5.97 Å². The van der Waals surface area contributed by atoms with E-state index in [4.69, 9.17) is 5.11 Å². The quantitative estimate of drug-likeness (QED) is 0.846. The zero-order valence-corrected chi connectivity index (χ0v) is 11.5. The summed E-state index contributed by atoms with van der Waals surface area (Å²) in [6.45, 7) is 5.31. The standard InChI is InChI=1S/C15H20N2O2/c1-3-13-5-4-8-17(13)15-11(2)9-12(10-16-15)6-7-14(18)19/h6-7,9-10,13H,3-5,8H2,1-2H3,(H,18,19)/b7-6+. The SMILES string of the molecule is CCC1CCCN1c1ncc(/C=C/C(=O)O)cc1C. The van der Waals surface area contributed by atoms with Crippen LogP contribution < -0.4 is 4.90 Å². The number of rotatable bonds is 4. The molecule has 0 aliphatic carbocycles. The molecular weight excluding hydrogens is 240 g/mol. The van der Waals surface area contributed by atoms with Crippen LogP contribution in [0.2, 0.25) is 0 Å². The van der Waals surface area contributed by atoms with Crippen molar-refractivity contribution < 1.29 is 9.90 Å². The number of carbonyl (C=O) groups is 1. The predicted molar refractivity (Wildman–Crippen MR) is 76.3 cm³/mol. The van der Waals surface area contributed by atoms with Gasteiger partial charge in [-0.15, -0.1) is 0 Å². The maximum atomic E-state index is 10.5. The molecule has 1 atom stereocenters. The highest BCUT2D eigenvalue weighted by Crippen LogP contribution is 2.28. The summed E-state index contributed by atoms with van der Waals surface area (Å²) in [5, 5.41) is 8.62. The van der Waals surface area contributed by atoms with Crippen molar-refractivity contribution in [3.63, 3.8) is 0 Å². The van der Waals surface area contributed by atoms with Crippen LogP contribution in [0, 0.1) is 6.92 Å². The molecule has 4 heteroatoms. The summed E-state index contributed by atoms with van der Waals surface area (Å²) < 4.78 is 0. The van der Waals surface area contributed by atoms with Gasteiger partial charge in [0, 0.05) is 24.9 Å². The minimum Gasteiger partial charge on any atom is -0.478 e. The Hall–Kier alpha value is -1.84. The molecular formula is C15H20N2O2. The van der Waals surface area contributed by atoms with Crippen LogP contribution in [0.5, 0.6) is 0 Å². The number of hydrogen-bond acceptors (Lipinski definition) is 3. The molecule has 2 heterocycles. The summed E-state index contributed by atoms with van der Waals surface area (Å²) >= 11 is 0. The van der Waals surface area contributed by atoms with E-state index in [1.807, 2.05) is 13.0 Å². The molecule has 1 N–H and O–H groups in total. The lowest BCUT2D eigenvalue weighted by Crippen LogP contribution is -2.29. The lowest BCUT2D eigenvalue weighted by molar-refractivity contribution is -0.131. The van der Waals surface area contributed by atoms with Gasteiger partial charge in [-0.25, -0.2) is 9.78 Å². The van der Waals surface area contributed by atoms with Crippen molar-refractivity contribution in [3.8, 4) is 0 Å². The van der Waals surface area contributed by atoms with Crippen molar-refractivity contribution in [2.75, 3.05) is 11.4 Å². The molecule has 0 amide bonds. The van der Waals surface area contributed by atoms with Gasteiger partial charge in [-0.05, 0) is 49.5 Å². The van der Waals surface area contributed by atoms with Gasteiger partial charge in [-0.3, -0.25) is 0 Å². The molecule has 1 unspecified atom stereocenters. The fourth-order valence-electron chi connectivity index (χ4n) is 2.69. The zero-order chi connectivity index (χ0) is 13.8. The first-order valence-corrected chi connectivity index (χ1v) is 6.76. The van der Waals surface area contributed by atoms with Crippen molar-refractivity contribution in [1.82, 2.24) is 4.98 Å². The van der Waals surface area contributed by atoms with E-state index in [2.05, 4.69) is 16.8 Å². The molecule has 1 aromatic heterocycles. The Morgan fingerprint density at radius 3 is 3.05 bits per heavy atom. The Bertz CT molecular complexity index is 497. The summed E-state index contributed by atoms with van der Waals surface area (Å²) in [5.41, 5.74) is 1.93. The van der Waals surface area contributed by atoms with E-state index in [-0.39, 0.29) is 0 Å². The smallest absolute Gasteiger partial charge is 0.328 e. The lowest BCUT2D eigenvalue weighted by Gasteiger charge is -2.26. The topological polar surface area (TPSA) is 53.4 Å². The number of pyridine rings is 1. The van der Waals surface area contributed by atoms with Gasteiger partial charge in [0.15, 0.2) is 0 Å². The molecule has 2 rings (SSSR count). The second-order valence-electron chi connectivity index (χ2n) is 4.98. The second kappa shape index (κ2) is 5.87. The van der Waals surface area contributed by atoms with Gasteiger partial charge in [0.05, 0.1) is 0 Å². The maximum absolute atomic E-state index is 10.5. The van der Waals surface area contributed by atoms with Crippen LogP contribution in [0.25, 0.3) is 6.08 Å². The Balaban J connectivity index is 2.22. The van der Waals surface area contributed by atoms with Gasteiger partial charge in [0.2, 0.25) is 0 Å². The Morgan fingerprint density at radius 2 is 2.42 bits per heavy atom. The van der Waals surface area contributed by atoms with Crippen molar-refractivity contribution in [2.45, 2.75) is 39.2 Å². The first kappa shape index (κ1) is 13.6. The van der Waals surface area contributed by atoms with Crippen LogP contribution in [-0.2, 0) is 4.79 Å². The number of aryl methyl sites for hydroxylation is 1. The summed E-state index contributed by atoms with van der Waals surface area (Å²) in [5.74, 6) is 0.101. The van der Waals surface area contributed by atoms with E-state index in [0.29, 0.717) is 6.04 Å². The van der Waals surface area contributed by atoms with Gasteiger partial charge in [-0.2, -0.15) is 0 Å². The van der Waals surface area contributed by atoms with Gasteiger partial charge < -0.3 is 10.0 Å².